The zero-order valence-electron chi connectivity index (χ0n) is 10.6. The van der Waals surface area contributed by atoms with Gasteiger partial charge in [-0.25, -0.2) is 4.39 Å². The molecule has 0 radical (unpaired) electrons. The van der Waals surface area contributed by atoms with E-state index in [0.29, 0.717) is 12.0 Å². The summed E-state index contributed by atoms with van der Waals surface area (Å²) in [5.74, 6) is 2.58. The lowest BCUT2D eigenvalue weighted by atomic mass is 9.76. The summed E-state index contributed by atoms with van der Waals surface area (Å²) in [5, 5.41) is 3.54. The molecule has 1 saturated carbocycles. The Morgan fingerprint density at radius 1 is 1.44 bits per heavy atom. The molecular formula is C15H20FNS. The molecule has 0 bridgehead atoms. The van der Waals surface area contributed by atoms with Crippen LogP contribution in [0.5, 0.6) is 0 Å². The molecule has 1 aromatic carbocycles. The average Bonchev–Trinajstić information content (AvgIpc) is 2.31. The van der Waals surface area contributed by atoms with Gasteiger partial charge < -0.3 is 5.32 Å². The van der Waals surface area contributed by atoms with Crippen molar-refractivity contribution >= 4 is 11.8 Å². The van der Waals surface area contributed by atoms with E-state index in [2.05, 4.69) is 11.9 Å². The monoisotopic (exact) mass is 265 g/mol. The van der Waals surface area contributed by atoms with E-state index in [0.717, 1.165) is 36.5 Å². The molecule has 18 heavy (non-hydrogen) atoms. The Balaban J connectivity index is 1.63. The van der Waals surface area contributed by atoms with Crippen LogP contribution in [0.4, 0.5) is 4.39 Å². The summed E-state index contributed by atoms with van der Waals surface area (Å²) in [6.07, 6.45) is 4.21. The van der Waals surface area contributed by atoms with Crippen molar-refractivity contribution in [2.24, 2.45) is 0 Å². The van der Waals surface area contributed by atoms with Crippen LogP contribution in [0.1, 0.15) is 24.3 Å². The fourth-order valence-electron chi connectivity index (χ4n) is 2.32. The van der Waals surface area contributed by atoms with Gasteiger partial charge in [-0.2, -0.15) is 11.8 Å². The smallest absolute Gasteiger partial charge is 0.123 e. The van der Waals surface area contributed by atoms with Gasteiger partial charge in [0, 0.05) is 24.1 Å². The Morgan fingerprint density at radius 3 is 3.00 bits per heavy atom. The van der Waals surface area contributed by atoms with Crippen LogP contribution in [0.3, 0.4) is 0 Å². The highest BCUT2D eigenvalue weighted by Gasteiger charge is 2.29. The van der Waals surface area contributed by atoms with Crippen LogP contribution in [0, 0.1) is 5.82 Å². The molecule has 2 rings (SSSR count). The fraction of sp³-hybridized carbons (Fsp3) is 0.467. The first kappa shape index (κ1) is 13.6. The van der Waals surface area contributed by atoms with Crippen molar-refractivity contribution in [2.45, 2.75) is 24.8 Å². The third-order valence-corrected chi connectivity index (χ3v) is 4.34. The van der Waals surface area contributed by atoms with E-state index in [-0.39, 0.29) is 5.82 Å². The van der Waals surface area contributed by atoms with Crippen molar-refractivity contribution in [1.29, 1.82) is 0 Å². The lowest BCUT2D eigenvalue weighted by Crippen LogP contribution is -2.41. The first-order valence-electron chi connectivity index (χ1n) is 6.47. The zero-order valence-corrected chi connectivity index (χ0v) is 11.4. The van der Waals surface area contributed by atoms with Gasteiger partial charge in [-0.1, -0.05) is 18.2 Å². The van der Waals surface area contributed by atoms with E-state index >= 15 is 0 Å². The van der Waals surface area contributed by atoms with Gasteiger partial charge in [0.15, 0.2) is 0 Å². The van der Waals surface area contributed by atoms with E-state index in [4.69, 9.17) is 0 Å². The number of halogens is 1. The summed E-state index contributed by atoms with van der Waals surface area (Å²) in [6.45, 7) is 4.75. The summed E-state index contributed by atoms with van der Waals surface area (Å²) in [4.78, 5) is 0. The molecule has 0 aliphatic heterocycles. The third kappa shape index (κ3) is 3.85. The van der Waals surface area contributed by atoms with Crippen molar-refractivity contribution in [3.8, 4) is 0 Å². The van der Waals surface area contributed by atoms with Crippen LogP contribution in [0.15, 0.2) is 36.9 Å². The van der Waals surface area contributed by atoms with Gasteiger partial charge in [-0.15, -0.1) is 6.58 Å². The molecule has 1 aliphatic carbocycles. The standard InChI is InChI=1S/C15H20FNS/c1-2-7-18-8-6-17-15-10-13(11-15)12-4-3-5-14(16)9-12/h2-5,9,13,15,17H,1,6-8,10-11H2. The zero-order chi connectivity index (χ0) is 12.8. The van der Waals surface area contributed by atoms with Crippen LogP contribution in [0.25, 0.3) is 0 Å². The van der Waals surface area contributed by atoms with Crippen molar-refractivity contribution < 1.29 is 4.39 Å². The minimum absolute atomic E-state index is 0.121. The maximum Gasteiger partial charge on any atom is 0.123 e. The summed E-state index contributed by atoms with van der Waals surface area (Å²) in [7, 11) is 0. The second-order valence-corrected chi connectivity index (χ2v) is 5.89. The second kappa shape index (κ2) is 6.95. The molecule has 0 saturated heterocycles. The SMILES string of the molecule is C=CCSCCNC1CC(c2cccc(F)c2)C1. The Labute approximate surface area is 113 Å². The Hall–Kier alpha value is -0.800. The number of benzene rings is 1. The number of thioether (sulfide) groups is 1. The molecule has 0 aromatic heterocycles. The van der Waals surface area contributed by atoms with E-state index in [1.807, 2.05) is 23.9 Å². The molecule has 1 nitrogen and oxygen atoms in total. The first-order valence-corrected chi connectivity index (χ1v) is 7.62. The van der Waals surface area contributed by atoms with E-state index < -0.39 is 0 Å². The summed E-state index contributed by atoms with van der Waals surface area (Å²) in [6, 6.07) is 7.62. The lowest BCUT2D eigenvalue weighted by Gasteiger charge is -2.36. The summed E-state index contributed by atoms with van der Waals surface area (Å²) < 4.78 is 13.1. The van der Waals surface area contributed by atoms with Gasteiger partial charge in [-0.3, -0.25) is 0 Å². The maximum atomic E-state index is 13.1. The number of rotatable bonds is 7. The third-order valence-electron chi connectivity index (χ3n) is 3.37. The van der Waals surface area contributed by atoms with Gasteiger partial charge >= 0.3 is 0 Å². The molecular weight excluding hydrogens is 245 g/mol. The van der Waals surface area contributed by atoms with Crippen molar-refractivity contribution in [3.63, 3.8) is 0 Å². The maximum absolute atomic E-state index is 13.1. The molecule has 0 unspecified atom stereocenters. The minimum Gasteiger partial charge on any atom is -0.313 e. The highest BCUT2D eigenvalue weighted by Crippen LogP contribution is 2.36. The predicted molar refractivity (Wildman–Crippen MR) is 77.7 cm³/mol. The van der Waals surface area contributed by atoms with Gasteiger partial charge in [-0.05, 0) is 36.5 Å². The van der Waals surface area contributed by atoms with Crippen molar-refractivity contribution in [3.05, 3.63) is 48.3 Å². The molecule has 0 atom stereocenters. The lowest BCUT2D eigenvalue weighted by molar-refractivity contribution is 0.296. The quantitative estimate of drug-likeness (QED) is 0.597. The molecule has 98 valence electrons. The minimum atomic E-state index is -0.121. The number of hydrogen-bond acceptors (Lipinski definition) is 2. The highest BCUT2D eigenvalue weighted by molar-refractivity contribution is 7.99. The molecule has 0 spiro atoms. The van der Waals surface area contributed by atoms with Gasteiger partial charge in [0.05, 0.1) is 0 Å². The Morgan fingerprint density at radius 2 is 2.28 bits per heavy atom. The van der Waals surface area contributed by atoms with Crippen LogP contribution in [0.2, 0.25) is 0 Å². The molecule has 1 N–H and O–H groups in total. The normalized spacial score (nSPS) is 22.5. The topological polar surface area (TPSA) is 12.0 Å². The highest BCUT2D eigenvalue weighted by atomic mass is 32.2. The van der Waals surface area contributed by atoms with Crippen LogP contribution in [-0.2, 0) is 0 Å². The van der Waals surface area contributed by atoms with Crippen molar-refractivity contribution in [1.82, 2.24) is 5.32 Å². The largest absolute Gasteiger partial charge is 0.313 e. The molecule has 0 amide bonds. The van der Waals surface area contributed by atoms with E-state index in [1.165, 1.54) is 6.07 Å². The number of nitrogens with one attached hydrogen (secondary N) is 1. The number of hydrogen-bond donors (Lipinski definition) is 1. The van der Waals surface area contributed by atoms with Gasteiger partial charge in [0.1, 0.15) is 5.82 Å². The molecule has 1 fully saturated rings. The second-order valence-electron chi connectivity index (χ2n) is 4.74. The predicted octanol–water partition coefficient (Wildman–Crippen LogP) is 3.58. The van der Waals surface area contributed by atoms with Gasteiger partial charge in [0.25, 0.3) is 0 Å². The first-order chi connectivity index (χ1) is 8.79. The van der Waals surface area contributed by atoms with Gasteiger partial charge in [0.2, 0.25) is 0 Å². The molecule has 1 aromatic rings. The molecule has 3 heteroatoms. The van der Waals surface area contributed by atoms with E-state index in [1.54, 1.807) is 12.1 Å². The van der Waals surface area contributed by atoms with Crippen LogP contribution in [-0.4, -0.2) is 24.1 Å². The molecule has 0 heterocycles. The Kier molecular flexibility index (Phi) is 5.26. The van der Waals surface area contributed by atoms with Crippen LogP contribution < -0.4 is 5.32 Å². The summed E-state index contributed by atoms with van der Waals surface area (Å²) >= 11 is 1.90. The molecule has 1 aliphatic rings. The Bertz CT molecular complexity index is 388. The fourth-order valence-corrected chi connectivity index (χ4v) is 2.91. The average molecular weight is 265 g/mol. The van der Waals surface area contributed by atoms with Crippen LogP contribution >= 0.6 is 11.8 Å². The van der Waals surface area contributed by atoms with E-state index in [9.17, 15) is 4.39 Å². The summed E-state index contributed by atoms with van der Waals surface area (Å²) in [5.41, 5.74) is 1.15. The van der Waals surface area contributed by atoms with Crippen molar-refractivity contribution in [2.75, 3.05) is 18.1 Å².